The highest BCUT2D eigenvalue weighted by molar-refractivity contribution is 5.94. The third-order valence-corrected chi connectivity index (χ3v) is 3.48. The van der Waals surface area contributed by atoms with Gasteiger partial charge in [0.05, 0.1) is 0 Å². The number of nitrogen functional groups attached to an aromatic ring is 1. The van der Waals surface area contributed by atoms with Gasteiger partial charge >= 0.3 is 0 Å². The van der Waals surface area contributed by atoms with Crippen LogP contribution in [0.4, 0.5) is 0 Å². The van der Waals surface area contributed by atoms with Crippen molar-refractivity contribution < 1.29 is 0 Å². The topological polar surface area (TPSA) is 66.0 Å². The average molecular weight is 248 g/mol. The molecule has 0 aliphatic rings. The summed E-state index contributed by atoms with van der Waals surface area (Å²) < 4.78 is 0. The fourth-order valence-corrected chi connectivity index (χ4v) is 1.88. The fourth-order valence-electron chi connectivity index (χ4n) is 1.88. The standard InChI is InChI=1S/C14H24N4/c1-10(14(2,3)4)18(5)9-11-7-6-8-17-12(11)13(15)16/h6-8,10H,9H2,1-5H3,(H3,15,16). The molecule has 0 radical (unpaired) electrons. The Labute approximate surface area is 110 Å². The van der Waals surface area contributed by atoms with Gasteiger partial charge in [0.15, 0.2) is 0 Å². The highest BCUT2D eigenvalue weighted by atomic mass is 15.1. The Morgan fingerprint density at radius 3 is 2.61 bits per heavy atom. The summed E-state index contributed by atoms with van der Waals surface area (Å²) in [6.45, 7) is 9.64. The lowest BCUT2D eigenvalue weighted by Crippen LogP contribution is -2.39. The van der Waals surface area contributed by atoms with Crippen LogP contribution in [0.15, 0.2) is 18.3 Å². The summed E-state index contributed by atoms with van der Waals surface area (Å²) in [7, 11) is 2.09. The van der Waals surface area contributed by atoms with Crippen molar-refractivity contribution in [2.45, 2.75) is 40.3 Å². The predicted molar refractivity (Wildman–Crippen MR) is 75.6 cm³/mol. The molecule has 0 spiro atoms. The zero-order valence-corrected chi connectivity index (χ0v) is 12.0. The van der Waals surface area contributed by atoms with Crippen LogP contribution in [0, 0.1) is 10.8 Å². The molecule has 0 aliphatic heterocycles. The van der Waals surface area contributed by atoms with Gasteiger partial charge in [-0.05, 0) is 31.0 Å². The molecule has 1 rings (SSSR count). The Hall–Kier alpha value is -1.42. The molecule has 0 fully saturated rings. The molecule has 1 atom stereocenters. The molecule has 0 aromatic carbocycles. The quantitative estimate of drug-likeness (QED) is 0.634. The SMILES string of the molecule is CC(N(C)Cc1cccnc1C(=N)N)C(C)(C)C. The Morgan fingerprint density at radius 2 is 2.11 bits per heavy atom. The van der Waals surface area contributed by atoms with Gasteiger partial charge in [-0.1, -0.05) is 26.8 Å². The van der Waals surface area contributed by atoms with E-state index in [4.69, 9.17) is 11.1 Å². The van der Waals surface area contributed by atoms with Crippen molar-refractivity contribution in [1.29, 1.82) is 5.41 Å². The van der Waals surface area contributed by atoms with Crippen molar-refractivity contribution in [2.75, 3.05) is 7.05 Å². The van der Waals surface area contributed by atoms with Crippen LogP contribution in [-0.2, 0) is 6.54 Å². The van der Waals surface area contributed by atoms with Gasteiger partial charge in [-0.25, -0.2) is 0 Å². The third-order valence-electron chi connectivity index (χ3n) is 3.48. The maximum Gasteiger partial charge on any atom is 0.142 e. The van der Waals surface area contributed by atoms with E-state index in [0.717, 1.165) is 12.1 Å². The van der Waals surface area contributed by atoms with Gasteiger partial charge in [-0.2, -0.15) is 0 Å². The molecular formula is C14H24N4. The van der Waals surface area contributed by atoms with Crippen molar-refractivity contribution in [3.63, 3.8) is 0 Å². The monoisotopic (exact) mass is 248 g/mol. The first kappa shape index (κ1) is 14.6. The lowest BCUT2D eigenvalue weighted by Gasteiger charge is -2.35. The Balaban J connectivity index is 2.88. The highest BCUT2D eigenvalue weighted by Crippen LogP contribution is 2.24. The summed E-state index contributed by atoms with van der Waals surface area (Å²) in [4.78, 5) is 6.44. The summed E-state index contributed by atoms with van der Waals surface area (Å²) in [6.07, 6.45) is 1.67. The first-order chi connectivity index (χ1) is 8.23. The van der Waals surface area contributed by atoms with Crippen LogP contribution in [0.3, 0.4) is 0 Å². The minimum absolute atomic E-state index is 0.0300. The molecule has 1 aromatic rings. The summed E-state index contributed by atoms with van der Waals surface area (Å²) in [6, 6.07) is 4.30. The average Bonchev–Trinajstić information content (AvgIpc) is 2.27. The minimum atomic E-state index is 0.0300. The molecule has 100 valence electrons. The first-order valence-electron chi connectivity index (χ1n) is 6.22. The summed E-state index contributed by atoms with van der Waals surface area (Å²) in [5, 5.41) is 7.55. The van der Waals surface area contributed by atoms with E-state index in [2.05, 4.69) is 44.6 Å². The van der Waals surface area contributed by atoms with Crippen molar-refractivity contribution in [3.8, 4) is 0 Å². The predicted octanol–water partition coefficient (Wildman–Crippen LogP) is 2.23. The van der Waals surface area contributed by atoms with Gasteiger partial charge in [0, 0.05) is 18.8 Å². The Bertz CT molecular complexity index is 420. The van der Waals surface area contributed by atoms with Crippen LogP contribution < -0.4 is 5.73 Å². The normalized spacial score (nSPS) is 13.7. The van der Waals surface area contributed by atoms with Crippen LogP contribution in [0.5, 0.6) is 0 Å². The van der Waals surface area contributed by atoms with Gasteiger partial charge in [0.2, 0.25) is 0 Å². The number of pyridine rings is 1. The number of nitrogens with two attached hydrogens (primary N) is 1. The van der Waals surface area contributed by atoms with Crippen molar-refractivity contribution in [2.24, 2.45) is 11.1 Å². The summed E-state index contributed by atoms with van der Waals surface area (Å²) in [5.41, 5.74) is 7.36. The smallest absolute Gasteiger partial charge is 0.142 e. The number of nitrogens with zero attached hydrogens (tertiary/aromatic N) is 2. The van der Waals surface area contributed by atoms with E-state index in [1.54, 1.807) is 6.20 Å². The van der Waals surface area contributed by atoms with Crippen molar-refractivity contribution >= 4 is 5.84 Å². The number of hydrogen-bond acceptors (Lipinski definition) is 3. The third kappa shape index (κ3) is 3.53. The van der Waals surface area contributed by atoms with Crippen molar-refractivity contribution in [1.82, 2.24) is 9.88 Å². The molecular weight excluding hydrogens is 224 g/mol. The van der Waals surface area contributed by atoms with E-state index in [1.165, 1.54) is 0 Å². The zero-order valence-electron chi connectivity index (χ0n) is 12.0. The molecule has 0 amide bonds. The maximum absolute atomic E-state index is 7.55. The molecule has 0 aliphatic carbocycles. The van der Waals surface area contributed by atoms with E-state index >= 15 is 0 Å². The van der Waals surface area contributed by atoms with E-state index in [0.29, 0.717) is 11.7 Å². The second-order valence-corrected chi connectivity index (χ2v) is 5.88. The number of rotatable bonds is 4. The Kier molecular flexibility index (Phi) is 4.46. The van der Waals surface area contributed by atoms with E-state index in [-0.39, 0.29) is 11.3 Å². The lowest BCUT2D eigenvalue weighted by atomic mass is 9.87. The van der Waals surface area contributed by atoms with E-state index in [9.17, 15) is 0 Å². The van der Waals surface area contributed by atoms with Crippen LogP contribution in [-0.4, -0.2) is 28.8 Å². The van der Waals surface area contributed by atoms with Gasteiger partial charge in [0.1, 0.15) is 11.5 Å². The first-order valence-corrected chi connectivity index (χ1v) is 6.22. The molecule has 18 heavy (non-hydrogen) atoms. The van der Waals surface area contributed by atoms with Crippen LogP contribution in [0.2, 0.25) is 0 Å². The Morgan fingerprint density at radius 1 is 1.50 bits per heavy atom. The zero-order chi connectivity index (χ0) is 13.9. The summed E-state index contributed by atoms with van der Waals surface area (Å²) >= 11 is 0. The van der Waals surface area contributed by atoms with Crippen LogP contribution >= 0.6 is 0 Å². The van der Waals surface area contributed by atoms with Gasteiger partial charge in [-0.3, -0.25) is 15.3 Å². The van der Waals surface area contributed by atoms with Gasteiger partial charge in [0.25, 0.3) is 0 Å². The second-order valence-electron chi connectivity index (χ2n) is 5.88. The van der Waals surface area contributed by atoms with Crippen molar-refractivity contribution in [3.05, 3.63) is 29.6 Å². The molecule has 0 saturated heterocycles. The lowest BCUT2D eigenvalue weighted by molar-refractivity contribution is 0.134. The minimum Gasteiger partial charge on any atom is -0.382 e. The largest absolute Gasteiger partial charge is 0.382 e. The molecule has 4 heteroatoms. The number of aromatic nitrogens is 1. The maximum atomic E-state index is 7.55. The molecule has 1 unspecified atom stereocenters. The molecule has 4 nitrogen and oxygen atoms in total. The van der Waals surface area contributed by atoms with Gasteiger partial charge < -0.3 is 5.73 Å². The van der Waals surface area contributed by atoms with Crippen LogP contribution in [0.25, 0.3) is 0 Å². The molecule has 0 bridgehead atoms. The molecule has 1 aromatic heterocycles. The number of amidine groups is 1. The second kappa shape index (κ2) is 5.48. The highest BCUT2D eigenvalue weighted by Gasteiger charge is 2.24. The van der Waals surface area contributed by atoms with Gasteiger partial charge in [-0.15, -0.1) is 0 Å². The number of nitrogens with one attached hydrogen (secondary N) is 1. The molecule has 0 saturated carbocycles. The fraction of sp³-hybridized carbons (Fsp3) is 0.571. The number of hydrogen-bond donors (Lipinski definition) is 2. The molecule has 3 N–H and O–H groups in total. The van der Waals surface area contributed by atoms with Crippen LogP contribution in [0.1, 0.15) is 39.0 Å². The molecule has 1 heterocycles. The van der Waals surface area contributed by atoms with E-state index < -0.39 is 0 Å². The summed E-state index contributed by atoms with van der Waals surface area (Å²) in [5.74, 6) is 0.0300. The van der Waals surface area contributed by atoms with E-state index in [1.807, 2.05) is 12.1 Å².